The second-order valence-corrected chi connectivity index (χ2v) is 7.46. The summed E-state index contributed by atoms with van der Waals surface area (Å²) in [4.78, 5) is 13.6. The zero-order chi connectivity index (χ0) is 16.7. The summed E-state index contributed by atoms with van der Waals surface area (Å²) >= 11 is 0. The molecule has 1 saturated heterocycles. The molecule has 0 atom stereocenters. The van der Waals surface area contributed by atoms with E-state index in [9.17, 15) is 17.6 Å². The largest absolute Gasteiger partial charge is 0.343 e. The molecule has 0 saturated carbocycles. The van der Waals surface area contributed by atoms with Crippen LogP contribution >= 0.6 is 0 Å². The van der Waals surface area contributed by atoms with Crippen LogP contribution in [0.3, 0.4) is 0 Å². The first-order valence-electron chi connectivity index (χ1n) is 8.03. The van der Waals surface area contributed by atoms with Crippen LogP contribution in [0.4, 0.5) is 4.39 Å². The van der Waals surface area contributed by atoms with E-state index in [1.807, 2.05) is 0 Å². The number of benzene rings is 1. The molecule has 5 nitrogen and oxygen atoms in total. The van der Waals surface area contributed by atoms with Crippen molar-refractivity contribution >= 4 is 15.9 Å². The molecule has 1 aromatic carbocycles. The van der Waals surface area contributed by atoms with Crippen molar-refractivity contribution in [1.29, 1.82) is 0 Å². The normalized spacial score (nSPS) is 16.7. The van der Waals surface area contributed by atoms with Gasteiger partial charge < -0.3 is 4.90 Å². The second kappa shape index (κ2) is 8.40. The van der Waals surface area contributed by atoms with E-state index >= 15 is 0 Å². The van der Waals surface area contributed by atoms with Crippen LogP contribution in [-0.2, 0) is 14.8 Å². The van der Waals surface area contributed by atoms with Crippen LogP contribution in [0, 0.1) is 5.82 Å². The highest BCUT2D eigenvalue weighted by atomic mass is 32.2. The fourth-order valence-corrected chi connectivity index (χ4v) is 3.80. The van der Waals surface area contributed by atoms with E-state index in [2.05, 4.69) is 4.72 Å². The van der Waals surface area contributed by atoms with Crippen molar-refractivity contribution in [2.24, 2.45) is 0 Å². The summed E-state index contributed by atoms with van der Waals surface area (Å²) in [7, 11) is -3.93. The number of nitrogens with one attached hydrogen (secondary N) is 1. The zero-order valence-electron chi connectivity index (χ0n) is 13.1. The molecule has 1 aliphatic rings. The summed E-state index contributed by atoms with van der Waals surface area (Å²) in [6, 6.07) is 5.19. The van der Waals surface area contributed by atoms with Gasteiger partial charge in [-0.3, -0.25) is 4.79 Å². The van der Waals surface area contributed by atoms with Gasteiger partial charge in [-0.1, -0.05) is 31.4 Å². The van der Waals surface area contributed by atoms with E-state index in [-0.39, 0.29) is 18.9 Å². The molecule has 128 valence electrons. The molecule has 2 rings (SSSR count). The molecule has 1 N–H and O–H groups in total. The van der Waals surface area contributed by atoms with E-state index < -0.39 is 20.7 Å². The average molecular weight is 342 g/mol. The average Bonchev–Trinajstić information content (AvgIpc) is 2.46. The number of nitrogens with zero attached hydrogens (tertiary/aromatic N) is 1. The first kappa shape index (κ1) is 17.9. The molecular weight excluding hydrogens is 319 g/mol. The van der Waals surface area contributed by atoms with Gasteiger partial charge >= 0.3 is 0 Å². The smallest absolute Gasteiger partial charge is 0.243 e. The Balaban J connectivity index is 1.86. The van der Waals surface area contributed by atoms with Crippen molar-refractivity contribution in [3.8, 4) is 0 Å². The van der Waals surface area contributed by atoms with Gasteiger partial charge in [0.05, 0.1) is 0 Å². The van der Waals surface area contributed by atoms with E-state index in [0.29, 0.717) is 0 Å². The molecule has 23 heavy (non-hydrogen) atoms. The summed E-state index contributed by atoms with van der Waals surface area (Å²) in [5.41, 5.74) is 0. The molecule has 0 radical (unpaired) electrons. The van der Waals surface area contributed by atoms with E-state index in [0.717, 1.165) is 44.8 Å². The lowest BCUT2D eigenvalue weighted by atomic mass is 10.1. The number of sulfonamides is 1. The lowest BCUT2D eigenvalue weighted by Crippen LogP contribution is -2.36. The SMILES string of the molecule is O=C(CCNS(=O)(=O)c1ccccc1F)N1CCCCCCC1. The minimum atomic E-state index is -3.93. The highest BCUT2D eigenvalue weighted by Gasteiger charge is 2.19. The van der Waals surface area contributed by atoms with Gasteiger partial charge in [0.2, 0.25) is 15.9 Å². The summed E-state index contributed by atoms with van der Waals surface area (Å²) in [5, 5.41) is 0. The number of rotatable bonds is 5. The lowest BCUT2D eigenvalue weighted by molar-refractivity contribution is -0.131. The maximum absolute atomic E-state index is 13.6. The van der Waals surface area contributed by atoms with E-state index in [1.165, 1.54) is 24.6 Å². The molecule has 0 spiro atoms. The van der Waals surface area contributed by atoms with Gasteiger partial charge in [0.25, 0.3) is 0 Å². The predicted octanol–water partition coefficient (Wildman–Crippen LogP) is 2.29. The third-order valence-electron chi connectivity index (χ3n) is 3.97. The molecule has 1 amide bonds. The Bertz CT molecular complexity index is 626. The summed E-state index contributed by atoms with van der Waals surface area (Å²) in [6.07, 6.45) is 5.55. The van der Waals surface area contributed by atoms with Crippen LogP contribution in [-0.4, -0.2) is 38.9 Å². The number of hydrogen-bond donors (Lipinski definition) is 1. The van der Waals surface area contributed by atoms with Gasteiger partial charge in [-0.2, -0.15) is 0 Å². The third kappa shape index (κ3) is 5.28. The lowest BCUT2D eigenvalue weighted by Gasteiger charge is -2.24. The Labute approximate surface area is 136 Å². The van der Waals surface area contributed by atoms with Gasteiger partial charge in [0, 0.05) is 26.1 Å². The quantitative estimate of drug-likeness (QED) is 0.893. The number of amides is 1. The van der Waals surface area contributed by atoms with E-state index in [1.54, 1.807) is 4.90 Å². The molecule has 1 aromatic rings. The Morgan fingerprint density at radius 1 is 1.09 bits per heavy atom. The van der Waals surface area contributed by atoms with Crippen LogP contribution in [0.15, 0.2) is 29.2 Å². The first-order chi connectivity index (χ1) is 11.0. The van der Waals surface area contributed by atoms with Gasteiger partial charge in [0.1, 0.15) is 10.7 Å². The molecule has 1 fully saturated rings. The van der Waals surface area contributed by atoms with Gasteiger partial charge in [-0.05, 0) is 25.0 Å². The second-order valence-electron chi connectivity index (χ2n) is 5.73. The molecular formula is C16H23FN2O3S. The highest BCUT2D eigenvalue weighted by Crippen LogP contribution is 2.14. The molecule has 1 aliphatic heterocycles. The molecule has 0 unspecified atom stereocenters. The van der Waals surface area contributed by atoms with Crippen molar-refractivity contribution in [3.05, 3.63) is 30.1 Å². The van der Waals surface area contributed by atoms with Crippen molar-refractivity contribution in [2.45, 2.75) is 43.4 Å². The van der Waals surface area contributed by atoms with Crippen molar-refractivity contribution in [1.82, 2.24) is 9.62 Å². The summed E-state index contributed by atoms with van der Waals surface area (Å²) < 4.78 is 39.9. The summed E-state index contributed by atoms with van der Waals surface area (Å²) in [5.74, 6) is -0.849. The third-order valence-corrected chi connectivity index (χ3v) is 5.46. The Morgan fingerprint density at radius 2 is 1.70 bits per heavy atom. The molecule has 0 bridgehead atoms. The maximum atomic E-state index is 13.6. The van der Waals surface area contributed by atoms with Crippen molar-refractivity contribution < 1.29 is 17.6 Å². The van der Waals surface area contributed by atoms with Gasteiger partial charge in [-0.15, -0.1) is 0 Å². The zero-order valence-corrected chi connectivity index (χ0v) is 13.9. The number of hydrogen-bond acceptors (Lipinski definition) is 3. The maximum Gasteiger partial charge on any atom is 0.243 e. The Morgan fingerprint density at radius 3 is 2.35 bits per heavy atom. The number of carbonyl (C=O) groups excluding carboxylic acids is 1. The number of carbonyl (C=O) groups is 1. The fourth-order valence-electron chi connectivity index (χ4n) is 2.69. The van der Waals surface area contributed by atoms with Crippen molar-refractivity contribution in [3.63, 3.8) is 0 Å². The van der Waals surface area contributed by atoms with E-state index in [4.69, 9.17) is 0 Å². The standard InChI is InChI=1S/C16H23FN2O3S/c17-14-8-4-5-9-15(14)23(21,22)18-11-10-16(20)19-12-6-2-1-3-7-13-19/h4-5,8-9,18H,1-3,6-7,10-13H2. The monoisotopic (exact) mass is 342 g/mol. The first-order valence-corrected chi connectivity index (χ1v) is 9.51. The van der Waals surface area contributed by atoms with Gasteiger partial charge in [0.15, 0.2) is 0 Å². The van der Waals surface area contributed by atoms with Crippen LogP contribution in [0.5, 0.6) is 0 Å². The minimum Gasteiger partial charge on any atom is -0.343 e. The highest BCUT2D eigenvalue weighted by molar-refractivity contribution is 7.89. The number of likely N-dealkylation sites (tertiary alicyclic amines) is 1. The van der Waals surface area contributed by atoms with Crippen LogP contribution in [0.2, 0.25) is 0 Å². The predicted molar refractivity (Wildman–Crippen MR) is 85.9 cm³/mol. The summed E-state index contributed by atoms with van der Waals surface area (Å²) in [6.45, 7) is 1.45. The van der Waals surface area contributed by atoms with Crippen LogP contribution < -0.4 is 4.72 Å². The molecule has 0 aliphatic carbocycles. The fraction of sp³-hybridized carbons (Fsp3) is 0.562. The molecule has 7 heteroatoms. The topological polar surface area (TPSA) is 66.5 Å². The molecule has 0 aromatic heterocycles. The van der Waals surface area contributed by atoms with Crippen LogP contribution in [0.25, 0.3) is 0 Å². The van der Waals surface area contributed by atoms with Crippen LogP contribution in [0.1, 0.15) is 38.5 Å². The number of halogens is 1. The Hall–Kier alpha value is -1.47. The van der Waals surface area contributed by atoms with Crippen molar-refractivity contribution in [2.75, 3.05) is 19.6 Å². The molecule has 1 heterocycles. The Kier molecular flexibility index (Phi) is 6.53. The van der Waals surface area contributed by atoms with Gasteiger partial charge in [-0.25, -0.2) is 17.5 Å². The minimum absolute atomic E-state index is 0.0218.